The molecule has 1 atom stereocenters. The van der Waals surface area contributed by atoms with Crippen molar-refractivity contribution in [1.29, 1.82) is 0 Å². The maximum absolute atomic E-state index is 13.6. The first-order chi connectivity index (χ1) is 10.0. The summed E-state index contributed by atoms with van der Waals surface area (Å²) in [6.45, 7) is 6.00. The highest BCUT2D eigenvalue weighted by Crippen LogP contribution is 2.28. The van der Waals surface area contributed by atoms with Crippen LogP contribution in [0.1, 0.15) is 37.9 Å². The molecule has 0 N–H and O–H groups in total. The number of rotatable bonds is 7. The van der Waals surface area contributed by atoms with Crippen molar-refractivity contribution < 1.29 is 9.13 Å². The van der Waals surface area contributed by atoms with Gasteiger partial charge in [0.25, 0.3) is 0 Å². The quantitative estimate of drug-likeness (QED) is 0.498. The van der Waals surface area contributed by atoms with Crippen molar-refractivity contribution in [2.75, 3.05) is 13.2 Å². The summed E-state index contributed by atoms with van der Waals surface area (Å²) in [7, 11) is 0. The average molecular weight is 378 g/mol. The second-order valence-electron chi connectivity index (χ2n) is 4.96. The molecule has 1 heterocycles. The van der Waals surface area contributed by atoms with Crippen molar-refractivity contribution >= 4 is 38.6 Å². The summed E-state index contributed by atoms with van der Waals surface area (Å²) in [5, 5.41) is -0.241. The Morgan fingerprint density at radius 2 is 2.19 bits per heavy atom. The van der Waals surface area contributed by atoms with E-state index in [0.717, 1.165) is 30.8 Å². The molecule has 2 aromatic rings. The molecule has 0 radical (unpaired) electrons. The molecule has 1 aromatic carbocycles. The summed E-state index contributed by atoms with van der Waals surface area (Å²) in [5.41, 5.74) is 1.48. The molecule has 6 heteroatoms. The molecule has 0 saturated carbocycles. The molecule has 1 unspecified atom stereocenters. The Hall–Kier alpha value is -0.650. The van der Waals surface area contributed by atoms with Crippen LogP contribution in [0.15, 0.2) is 16.6 Å². The van der Waals surface area contributed by atoms with Crippen LogP contribution in [0.4, 0.5) is 4.39 Å². The first kappa shape index (κ1) is 16.7. The molecule has 2 rings (SSSR count). The molecule has 0 aliphatic heterocycles. The van der Waals surface area contributed by atoms with Gasteiger partial charge in [0.1, 0.15) is 11.6 Å². The van der Waals surface area contributed by atoms with Crippen molar-refractivity contribution in [3.63, 3.8) is 0 Å². The number of unbranched alkanes of at least 4 members (excludes halogenated alkanes) is 1. The molecule has 0 aliphatic carbocycles. The van der Waals surface area contributed by atoms with Gasteiger partial charge < -0.3 is 9.30 Å². The summed E-state index contributed by atoms with van der Waals surface area (Å²) in [6, 6.07) is 3.17. The Morgan fingerprint density at radius 1 is 1.43 bits per heavy atom. The second kappa shape index (κ2) is 7.56. The zero-order chi connectivity index (χ0) is 15.4. The van der Waals surface area contributed by atoms with Gasteiger partial charge in [-0.25, -0.2) is 9.37 Å². The number of imidazole rings is 1. The molecule has 0 spiro atoms. The minimum absolute atomic E-state index is 0.241. The van der Waals surface area contributed by atoms with Crippen LogP contribution in [-0.2, 0) is 11.3 Å². The van der Waals surface area contributed by atoms with E-state index >= 15 is 0 Å². The fourth-order valence-corrected chi connectivity index (χ4v) is 2.68. The number of fused-ring (bicyclic) bond motifs is 1. The van der Waals surface area contributed by atoms with Crippen molar-refractivity contribution in [1.82, 2.24) is 9.55 Å². The highest BCUT2D eigenvalue weighted by molar-refractivity contribution is 9.10. The van der Waals surface area contributed by atoms with Gasteiger partial charge in [0.2, 0.25) is 0 Å². The monoisotopic (exact) mass is 376 g/mol. The number of alkyl halides is 1. The third-order valence-corrected chi connectivity index (χ3v) is 4.08. The van der Waals surface area contributed by atoms with Crippen LogP contribution in [0.5, 0.6) is 0 Å². The minimum atomic E-state index is -0.319. The number of hydrogen-bond donors (Lipinski definition) is 0. The lowest BCUT2D eigenvalue weighted by molar-refractivity contribution is 0.123. The van der Waals surface area contributed by atoms with Gasteiger partial charge in [0.15, 0.2) is 0 Å². The summed E-state index contributed by atoms with van der Waals surface area (Å²) < 4.78 is 21.7. The molecule has 116 valence electrons. The molecule has 0 saturated heterocycles. The van der Waals surface area contributed by atoms with E-state index in [-0.39, 0.29) is 11.2 Å². The normalized spacial score (nSPS) is 13.0. The van der Waals surface area contributed by atoms with Gasteiger partial charge in [0, 0.05) is 19.2 Å². The summed E-state index contributed by atoms with van der Waals surface area (Å²) >= 11 is 9.41. The zero-order valence-electron chi connectivity index (χ0n) is 12.2. The lowest BCUT2D eigenvalue weighted by Gasteiger charge is -2.11. The molecular weight excluding hydrogens is 359 g/mol. The van der Waals surface area contributed by atoms with Crippen LogP contribution in [-0.4, -0.2) is 22.8 Å². The highest BCUT2D eigenvalue weighted by Gasteiger charge is 2.16. The Bertz CT molecular complexity index is 615. The summed E-state index contributed by atoms with van der Waals surface area (Å²) in [6.07, 6.45) is 2.17. The standard InChI is InChI=1S/C15H19BrClFN2O/c1-3-4-6-21-7-5-20-14-8-11(16)12(18)9-13(14)19-15(20)10(2)17/h8-10H,3-7H2,1-2H3. The van der Waals surface area contributed by atoms with E-state index < -0.39 is 0 Å². The van der Waals surface area contributed by atoms with E-state index in [1.165, 1.54) is 6.07 Å². The summed E-state index contributed by atoms with van der Waals surface area (Å²) in [5.74, 6) is 0.420. The largest absolute Gasteiger partial charge is 0.380 e. The average Bonchev–Trinajstić information content (AvgIpc) is 2.77. The molecule has 1 aromatic heterocycles. The lowest BCUT2D eigenvalue weighted by atomic mass is 10.3. The van der Waals surface area contributed by atoms with Crippen LogP contribution in [0, 0.1) is 5.82 Å². The zero-order valence-corrected chi connectivity index (χ0v) is 14.5. The lowest BCUT2D eigenvalue weighted by Crippen LogP contribution is -2.10. The van der Waals surface area contributed by atoms with Crippen LogP contribution >= 0.6 is 27.5 Å². The van der Waals surface area contributed by atoms with Crippen LogP contribution in [0.2, 0.25) is 0 Å². The Balaban J connectivity index is 2.26. The van der Waals surface area contributed by atoms with Crippen molar-refractivity contribution in [2.45, 2.75) is 38.6 Å². The Kier molecular flexibility index (Phi) is 6.02. The Morgan fingerprint density at radius 3 is 2.86 bits per heavy atom. The van der Waals surface area contributed by atoms with Gasteiger partial charge in [-0.1, -0.05) is 13.3 Å². The number of aromatic nitrogens is 2. The fraction of sp³-hybridized carbons (Fsp3) is 0.533. The van der Waals surface area contributed by atoms with E-state index in [0.29, 0.717) is 23.1 Å². The summed E-state index contributed by atoms with van der Waals surface area (Å²) in [4.78, 5) is 4.44. The number of nitrogens with zero attached hydrogens (tertiary/aromatic N) is 2. The van der Waals surface area contributed by atoms with Gasteiger partial charge >= 0.3 is 0 Å². The van der Waals surface area contributed by atoms with Crippen LogP contribution < -0.4 is 0 Å². The third-order valence-electron chi connectivity index (χ3n) is 3.28. The molecule has 0 bridgehead atoms. The van der Waals surface area contributed by atoms with E-state index in [4.69, 9.17) is 16.3 Å². The third kappa shape index (κ3) is 3.96. The predicted octanol–water partition coefficient (Wildman–Crippen LogP) is 5.05. The SMILES string of the molecule is CCCCOCCn1c(C(C)Cl)nc2cc(F)c(Br)cc21. The van der Waals surface area contributed by atoms with Crippen LogP contribution in [0.3, 0.4) is 0 Å². The van der Waals surface area contributed by atoms with Crippen molar-refractivity contribution in [3.8, 4) is 0 Å². The van der Waals surface area contributed by atoms with Gasteiger partial charge in [0.05, 0.1) is 27.5 Å². The Labute approximate surface area is 137 Å². The van der Waals surface area contributed by atoms with Gasteiger partial charge in [-0.05, 0) is 35.3 Å². The molecule has 0 aliphatic rings. The maximum Gasteiger partial charge on any atom is 0.139 e. The fourth-order valence-electron chi connectivity index (χ4n) is 2.18. The van der Waals surface area contributed by atoms with Gasteiger partial charge in [-0.15, -0.1) is 11.6 Å². The second-order valence-corrected chi connectivity index (χ2v) is 6.47. The number of hydrogen-bond acceptors (Lipinski definition) is 2. The molecule has 21 heavy (non-hydrogen) atoms. The molecule has 3 nitrogen and oxygen atoms in total. The van der Waals surface area contributed by atoms with Crippen LogP contribution in [0.25, 0.3) is 11.0 Å². The van der Waals surface area contributed by atoms with Crippen molar-refractivity contribution in [3.05, 3.63) is 28.2 Å². The molecule has 0 amide bonds. The predicted molar refractivity (Wildman–Crippen MR) is 87.4 cm³/mol. The first-order valence-corrected chi connectivity index (χ1v) is 8.34. The maximum atomic E-state index is 13.6. The smallest absolute Gasteiger partial charge is 0.139 e. The minimum Gasteiger partial charge on any atom is -0.380 e. The first-order valence-electron chi connectivity index (χ1n) is 7.11. The molecule has 0 fully saturated rings. The number of halogens is 3. The van der Waals surface area contributed by atoms with E-state index in [1.807, 2.05) is 11.5 Å². The van der Waals surface area contributed by atoms with Gasteiger partial charge in [-0.3, -0.25) is 0 Å². The highest BCUT2D eigenvalue weighted by atomic mass is 79.9. The van der Waals surface area contributed by atoms with Crippen molar-refractivity contribution in [2.24, 2.45) is 0 Å². The number of ether oxygens (including phenoxy) is 1. The number of benzene rings is 1. The van der Waals surface area contributed by atoms with E-state index in [9.17, 15) is 4.39 Å². The topological polar surface area (TPSA) is 27.1 Å². The molecular formula is C15H19BrClFN2O. The van der Waals surface area contributed by atoms with E-state index in [2.05, 4.69) is 27.8 Å². The van der Waals surface area contributed by atoms with E-state index in [1.54, 1.807) is 6.07 Å². The van der Waals surface area contributed by atoms with Gasteiger partial charge in [-0.2, -0.15) is 0 Å².